The second-order valence-electron chi connectivity index (χ2n) is 4.81. The summed E-state index contributed by atoms with van der Waals surface area (Å²) in [6, 6.07) is 6.70. The number of carbonyl (C=O) groups is 1. The zero-order valence-corrected chi connectivity index (χ0v) is 12.0. The Balaban J connectivity index is 2.52. The first-order valence-corrected chi connectivity index (χ1v) is 6.54. The summed E-state index contributed by atoms with van der Waals surface area (Å²) in [5.41, 5.74) is 3.92. The van der Waals surface area contributed by atoms with Gasteiger partial charge in [0.25, 0.3) is 0 Å². The highest BCUT2D eigenvalue weighted by Crippen LogP contribution is 2.40. The Morgan fingerprint density at radius 1 is 1.39 bits per heavy atom. The lowest BCUT2D eigenvalue weighted by molar-refractivity contribution is -0.143. The van der Waals surface area contributed by atoms with E-state index in [9.17, 15) is 18.0 Å². The number of carboxylic acid groups (broad SMARTS) is 1. The zero-order valence-electron chi connectivity index (χ0n) is 12.0. The summed E-state index contributed by atoms with van der Waals surface area (Å²) in [6.45, 7) is 0. The molecule has 1 heterocycles. The van der Waals surface area contributed by atoms with E-state index in [4.69, 9.17) is 15.6 Å². The van der Waals surface area contributed by atoms with Crippen LogP contribution in [-0.4, -0.2) is 20.9 Å². The molecule has 0 aliphatic heterocycles. The van der Waals surface area contributed by atoms with Crippen LogP contribution in [0.1, 0.15) is 23.7 Å². The Bertz CT molecular complexity index is 699. The van der Waals surface area contributed by atoms with Crippen LogP contribution in [0.3, 0.4) is 0 Å². The fraction of sp³-hybridized carbons (Fsp3) is 0.286. The molecule has 0 saturated heterocycles. The Morgan fingerprint density at radius 3 is 2.52 bits per heavy atom. The van der Waals surface area contributed by atoms with Crippen LogP contribution in [0.2, 0.25) is 0 Å². The number of carboxylic acids is 1. The second kappa shape index (κ2) is 6.29. The zero-order chi connectivity index (χ0) is 17.2. The van der Waals surface area contributed by atoms with E-state index in [1.54, 1.807) is 30.3 Å². The fourth-order valence-corrected chi connectivity index (χ4v) is 2.08. The minimum atomic E-state index is -4.78. The first-order chi connectivity index (χ1) is 10.7. The third kappa shape index (κ3) is 3.81. The molecule has 9 heteroatoms. The molecule has 0 saturated carbocycles. The van der Waals surface area contributed by atoms with E-state index < -0.39 is 35.9 Å². The number of ether oxygens (including phenoxy) is 1. The number of nitrogens with zero attached hydrogens (tertiary/aromatic N) is 2. The smallest absolute Gasteiger partial charge is 0.435 e. The maximum atomic E-state index is 13.1. The van der Waals surface area contributed by atoms with Crippen molar-refractivity contribution in [1.82, 2.24) is 9.78 Å². The van der Waals surface area contributed by atoms with Crippen molar-refractivity contribution in [3.05, 3.63) is 41.6 Å². The normalized spacial score (nSPS) is 12.9. The molecule has 2 rings (SSSR count). The molecule has 1 aromatic carbocycles. The number of alkyl halides is 3. The number of para-hydroxylation sites is 1. The van der Waals surface area contributed by atoms with Gasteiger partial charge in [-0.25, -0.2) is 4.68 Å². The quantitative estimate of drug-likeness (QED) is 0.880. The van der Waals surface area contributed by atoms with Crippen LogP contribution in [0, 0.1) is 0 Å². The molecule has 0 aliphatic carbocycles. The third-order valence-corrected chi connectivity index (χ3v) is 3.02. The molecule has 2 aromatic rings. The van der Waals surface area contributed by atoms with Crippen LogP contribution in [0.25, 0.3) is 0 Å². The molecule has 0 bridgehead atoms. The topological polar surface area (TPSA) is 90.4 Å². The summed E-state index contributed by atoms with van der Waals surface area (Å²) in [6.07, 6.45) is -5.46. The number of rotatable bonds is 5. The van der Waals surface area contributed by atoms with Crippen molar-refractivity contribution in [3.8, 4) is 11.6 Å². The van der Waals surface area contributed by atoms with Gasteiger partial charge in [0.2, 0.25) is 5.88 Å². The molecular formula is C14H14F3N3O3. The van der Waals surface area contributed by atoms with E-state index in [1.807, 2.05) is 0 Å². The number of halogens is 3. The van der Waals surface area contributed by atoms with E-state index in [-0.39, 0.29) is 11.6 Å². The third-order valence-electron chi connectivity index (χ3n) is 3.02. The average Bonchev–Trinajstić information content (AvgIpc) is 2.77. The number of aromatic nitrogens is 2. The van der Waals surface area contributed by atoms with Crippen molar-refractivity contribution in [2.75, 3.05) is 0 Å². The molecule has 0 fully saturated rings. The summed E-state index contributed by atoms with van der Waals surface area (Å²) in [5.74, 6) is -1.27. The van der Waals surface area contributed by atoms with E-state index in [0.29, 0.717) is 0 Å². The van der Waals surface area contributed by atoms with Crippen LogP contribution < -0.4 is 10.5 Å². The molecule has 1 atom stereocenters. The standard InChI is InChI=1S/C14H14F3N3O3/c1-20-13(23-8-5-3-2-4-6-8)11(9(18)7-10(21)22)12(19-20)14(15,16)17/h2-6,9H,7,18H2,1H3,(H,21,22). The molecule has 1 aromatic heterocycles. The minimum Gasteiger partial charge on any atom is -0.481 e. The van der Waals surface area contributed by atoms with E-state index >= 15 is 0 Å². The second-order valence-corrected chi connectivity index (χ2v) is 4.81. The minimum absolute atomic E-state index is 0.239. The highest BCUT2D eigenvalue weighted by molar-refractivity contribution is 5.68. The summed E-state index contributed by atoms with van der Waals surface area (Å²) in [7, 11) is 1.27. The lowest BCUT2D eigenvalue weighted by Gasteiger charge is -2.14. The van der Waals surface area contributed by atoms with Crippen molar-refractivity contribution >= 4 is 5.97 Å². The van der Waals surface area contributed by atoms with Crippen molar-refractivity contribution in [3.63, 3.8) is 0 Å². The predicted molar refractivity (Wildman–Crippen MR) is 73.9 cm³/mol. The van der Waals surface area contributed by atoms with Crippen molar-refractivity contribution in [2.24, 2.45) is 12.8 Å². The predicted octanol–water partition coefficient (Wildman–Crippen LogP) is 2.71. The molecular weight excluding hydrogens is 315 g/mol. The molecule has 124 valence electrons. The summed E-state index contributed by atoms with van der Waals surface area (Å²) in [5, 5.41) is 12.2. The lowest BCUT2D eigenvalue weighted by atomic mass is 10.0. The van der Waals surface area contributed by atoms with Gasteiger partial charge in [0.1, 0.15) is 5.75 Å². The van der Waals surface area contributed by atoms with Gasteiger partial charge in [-0.3, -0.25) is 4.79 Å². The van der Waals surface area contributed by atoms with E-state index in [2.05, 4.69) is 5.10 Å². The van der Waals surface area contributed by atoms with Crippen LogP contribution >= 0.6 is 0 Å². The summed E-state index contributed by atoms with van der Waals surface area (Å²) < 4.78 is 45.8. The molecule has 0 amide bonds. The monoisotopic (exact) mass is 329 g/mol. The first-order valence-electron chi connectivity index (χ1n) is 6.54. The number of nitrogens with two attached hydrogens (primary N) is 1. The lowest BCUT2D eigenvalue weighted by Crippen LogP contribution is -2.19. The Kier molecular flexibility index (Phi) is 4.60. The van der Waals surface area contributed by atoms with Gasteiger partial charge in [-0.05, 0) is 12.1 Å². The molecule has 0 aliphatic rings. The summed E-state index contributed by atoms with van der Waals surface area (Å²) in [4.78, 5) is 10.8. The maximum absolute atomic E-state index is 13.1. The van der Waals surface area contributed by atoms with Gasteiger partial charge in [-0.1, -0.05) is 18.2 Å². The highest BCUT2D eigenvalue weighted by atomic mass is 19.4. The summed E-state index contributed by atoms with van der Waals surface area (Å²) >= 11 is 0. The number of hydrogen-bond acceptors (Lipinski definition) is 4. The maximum Gasteiger partial charge on any atom is 0.435 e. The van der Waals surface area contributed by atoms with Gasteiger partial charge in [0.05, 0.1) is 12.0 Å². The van der Waals surface area contributed by atoms with Gasteiger partial charge in [-0.15, -0.1) is 0 Å². The van der Waals surface area contributed by atoms with Crippen LogP contribution in [0.15, 0.2) is 30.3 Å². The number of hydrogen-bond donors (Lipinski definition) is 2. The molecule has 1 unspecified atom stereocenters. The highest BCUT2D eigenvalue weighted by Gasteiger charge is 2.41. The Morgan fingerprint density at radius 2 is 2.00 bits per heavy atom. The van der Waals surface area contributed by atoms with Crippen LogP contribution in [-0.2, 0) is 18.0 Å². The van der Waals surface area contributed by atoms with Gasteiger partial charge in [-0.2, -0.15) is 18.3 Å². The number of aliphatic carboxylic acids is 1. The number of benzene rings is 1. The first kappa shape index (κ1) is 16.8. The molecule has 0 spiro atoms. The van der Waals surface area contributed by atoms with Crippen molar-refractivity contribution in [1.29, 1.82) is 0 Å². The van der Waals surface area contributed by atoms with Gasteiger partial charge < -0.3 is 15.6 Å². The van der Waals surface area contributed by atoms with E-state index in [0.717, 1.165) is 4.68 Å². The largest absolute Gasteiger partial charge is 0.481 e. The molecule has 3 N–H and O–H groups in total. The van der Waals surface area contributed by atoms with Crippen molar-refractivity contribution < 1.29 is 27.8 Å². The molecule has 23 heavy (non-hydrogen) atoms. The van der Waals surface area contributed by atoms with Crippen LogP contribution in [0.5, 0.6) is 11.6 Å². The van der Waals surface area contributed by atoms with Gasteiger partial charge in [0, 0.05) is 13.1 Å². The van der Waals surface area contributed by atoms with Crippen LogP contribution in [0.4, 0.5) is 13.2 Å². The molecule has 6 nitrogen and oxygen atoms in total. The Labute approximate surface area is 129 Å². The SMILES string of the molecule is Cn1nc(C(F)(F)F)c(C(N)CC(=O)O)c1Oc1ccccc1. The number of aryl methyl sites for hydroxylation is 1. The van der Waals surface area contributed by atoms with E-state index in [1.165, 1.54) is 7.05 Å². The fourth-order valence-electron chi connectivity index (χ4n) is 2.08. The molecule has 0 radical (unpaired) electrons. The van der Waals surface area contributed by atoms with Gasteiger partial charge in [0.15, 0.2) is 5.69 Å². The Hall–Kier alpha value is -2.55. The average molecular weight is 329 g/mol. The van der Waals surface area contributed by atoms with Gasteiger partial charge >= 0.3 is 12.1 Å². The van der Waals surface area contributed by atoms with Crippen molar-refractivity contribution in [2.45, 2.75) is 18.6 Å².